The molecular formula is C12H20N2O. The number of furan rings is 1. The molecule has 2 rings (SSSR count). The molecule has 0 amide bonds. The Bertz CT molecular complexity index is 276. The topological polar surface area (TPSA) is 42.4 Å². The Labute approximate surface area is 91.2 Å². The average Bonchev–Trinajstić information content (AvgIpc) is 2.75. The molecule has 1 unspecified atom stereocenters. The van der Waals surface area contributed by atoms with Crippen LogP contribution < -0.4 is 5.73 Å². The Morgan fingerprint density at radius 3 is 2.80 bits per heavy atom. The summed E-state index contributed by atoms with van der Waals surface area (Å²) in [5, 5.41) is 0. The summed E-state index contributed by atoms with van der Waals surface area (Å²) in [6.07, 6.45) is 6.11. The van der Waals surface area contributed by atoms with Crippen LogP contribution in [0.5, 0.6) is 0 Å². The van der Waals surface area contributed by atoms with Gasteiger partial charge in [0.1, 0.15) is 0 Å². The van der Waals surface area contributed by atoms with Gasteiger partial charge in [-0.3, -0.25) is 4.90 Å². The molecule has 0 saturated carbocycles. The molecule has 1 aromatic heterocycles. The summed E-state index contributed by atoms with van der Waals surface area (Å²) in [7, 11) is 0. The molecule has 84 valence electrons. The Morgan fingerprint density at radius 2 is 2.27 bits per heavy atom. The minimum atomic E-state index is 0.344. The van der Waals surface area contributed by atoms with Gasteiger partial charge in [-0.05, 0) is 37.9 Å². The second kappa shape index (κ2) is 4.81. The molecule has 1 aliphatic heterocycles. The van der Waals surface area contributed by atoms with E-state index in [0.29, 0.717) is 12.6 Å². The van der Waals surface area contributed by atoms with E-state index in [1.807, 2.05) is 12.3 Å². The van der Waals surface area contributed by atoms with Crippen LogP contribution in [0.3, 0.4) is 0 Å². The zero-order valence-electron chi connectivity index (χ0n) is 9.36. The highest BCUT2D eigenvalue weighted by molar-refractivity contribution is 5.12. The molecule has 0 radical (unpaired) electrons. The van der Waals surface area contributed by atoms with E-state index in [0.717, 1.165) is 19.0 Å². The van der Waals surface area contributed by atoms with Gasteiger partial charge in [-0.15, -0.1) is 0 Å². The molecule has 2 N–H and O–H groups in total. The van der Waals surface area contributed by atoms with Crippen molar-refractivity contribution in [2.45, 2.75) is 25.8 Å². The Hall–Kier alpha value is -0.800. The van der Waals surface area contributed by atoms with Crippen molar-refractivity contribution >= 4 is 0 Å². The largest absolute Gasteiger partial charge is 0.472 e. The molecule has 0 spiro atoms. The number of piperidine rings is 1. The summed E-state index contributed by atoms with van der Waals surface area (Å²) in [6.45, 7) is 5.32. The lowest BCUT2D eigenvalue weighted by molar-refractivity contribution is 0.141. The summed E-state index contributed by atoms with van der Waals surface area (Å²) in [5.41, 5.74) is 7.06. The molecule has 1 saturated heterocycles. The lowest BCUT2D eigenvalue weighted by atomic mass is 9.96. The highest BCUT2D eigenvalue weighted by Crippen LogP contribution is 2.26. The van der Waals surface area contributed by atoms with Crippen LogP contribution in [0.15, 0.2) is 23.0 Å². The van der Waals surface area contributed by atoms with Crippen molar-refractivity contribution < 1.29 is 4.42 Å². The summed E-state index contributed by atoms with van der Waals surface area (Å²) < 4.78 is 5.13. The summed E-state index contributed by atoms with van der Waals surface area (Å²) in [5.74, 6) is 0.865. The smallest absolute Gasteiger partial charge is 0.0950 e. The van der Waals surface area contributed by atoms with Crippen LogP contribution in [-0.4, -0.2) is 24.5 Å². The molecule has 1 fully saturated rings. The molecule has 0 bridgehead atoms. The van der Waals surface area contributed by atoms with Gasteiger partial charge in [0.15, 0.2) is 0 Å². The van der Waals surface area contributed by atoms with Crippen LogP contribution in [0.1, 0.15) is 31.4 Å². The van der Waals surface area contributed by atoms with E-state index in [-0.39, 0.29) is 0 Å². The maximum Gasteiger partial charge on any atom is 0.0950 e. The Balaban J connectivity index is 2.01. The van der Waals surface area contributed by atoms with Gasteiger partial charge in [0, 0.05) is 12.1 Å². The van der Waals surface area contributed by atoms with Crippen molar-refractivity contribution in [3.8, 4) is 0 Å². The second-order valence-electron chi connectivity index (χ2n) is 4.53. The first-order valence-corrected chi connectivity index (χ1v) is 5.77. The minimum absolute atomic E-state index is 0.344. The monoisotopic (exact) mass is 208 g/mol. The number of hydrogen-bond acceptors (Lipinski definition) is 3. The van der Waals surface area contributed by atoms with E-state index in [2.05, 4.69) is 11.8 Å². The standard InChI is InChI=1S/C12H20N2O/c1-10-2-5-14(6-3-10)12(8-13)11-4-7-15-9-11/h4,7,9-10,12H,2-3,5-6,8,13H2,1H3. The van der Waals surface area contributed by atoms with E-state index < -0.39 is 0 Å². The van der Waals surface area contributed by atoms with Crippen LogP contribution in [-0.2, 0) is 0 Å². The van der Waals surface area contributed by atoms with Gasteiger partial charge in [-0.2, -0.15) is 0 Å². The third-order valence-electron chi connectivity index (χ3n) is 3.41. The third-order valence-corrected chi connectivity index (χ3v) is 3.41. The molecule has 0 aliphatic carbocycles. The molecule has 0 aromatic carbocycles. The van der Waals surface area contributed by atoms with Crippen LogP contribution in [0, 0.1) is 5.92 Å². The number of likely N-dealkylation sites (tertiary alicyclic amines) is 1. The lowest BCUT2D eigenvalue weighted by Gasteiger charge is -2.35. The van der Waals surface area contributed by atoms with Crippen LogP contribution >= 0.6 is 0 Å². The number of rotatable bonds is 3. The van der Waals surface area contributed by atoms with E-state index in [9.17, 15) is 0 Å². The van der Waals surface area contributed by atoms with Gasteiger partial charge in [0.05, 0.1) is 18.6 Å². The number of hydrogen-bond donors (Lipinski definition) is 1. The molecule has 15 heavy (non-hydrogen) atoms. The minimum Gasteiger partial charge on any atom is -0.472 e. The van der Waals surface area contributed by atoms with Crippen LogP contribution in [0.4, 0.5) is 0 Å². The van der Waals surface area contributed by atoms with E-state index in [4.69, 9.17) is 10.2 Å². The lowest BCUT2D eigenvalue weighted by Crippen LogP contribution is -2.39. The van der Waals surface area contributed by atoms with Crippen molar-refractivity contribution in [2.24, 2.45) is 11.7 Å². The van der Waals surface area contributed by atoms with Crippen molar-refractivity contribution in [2.75, 3.05) is 19.6 Å². The fraction of sp³-hybridized carbons (Fsp3) is 0.667. The fourth-order valence-corrected chi connectivity index (χ4v) is 2.30. The first-order valence-electron chi connectivity index (χ1n) is 5.77. The van der Waals surface area contributed by atoms with Gasteiger partial charge in [0.2, 0.25) is 0 Å². The predicted molar refractivity (Wildman–Crippen MR) is 60.5 cm³/mol. The molecule has 1 aromatic rings. The number of nitrogens with two attached hydrogens (primary N) is 1. The zero-order valence-corrected chi connectivity index (χ0v) is 9.36. The van der Waals surface area contributed by atoms with Crippen molar-refractivity contribution in [3.63, 3.8) is 0 Å². The highest BCUT2D eigenvalue weighted by atomic mass is 16.3. The summed E-state index contributed by atoms with van der Waals surface area (Å²) in [4.78, 5) is 2.48. The maximum absolute atomic E-state index is 5.85. The summed E-state index contributed by atoms with van der Waals surface area (Å²) in [6, 6.07) is 2.37. The first kappa shape index (κ1) is 10.7. The first-order chi connectivity index (χ1) is 7.31. The quantitative estimate of drug-likeness (QED) is 0.826. The van der Waals surface area contributed by atoms with Crippen molar-refractivity contribution in [1.82, 2.24) is 4.90 Å². The molecular weight excluding hydrogens is 188 g/mol. The molecule has 3 nitrogen and oxygen atoms in total. The SMILES string of the molecule is CC1CCN(C(CN)c2ccoc2)CC1. The average molecular weight is 208 g/mol. The molecule has 2 heterocycles. The van der Waals surface area contributed by atoms with E-state index >= 15 is 0 Å². The van der Waals surface area contributed by atoms with Gasteiger partial charge in [-0.1, -0.05) is 6.92 Å². The normalized spacial score (nSPS) is 21.7. The zero-order chi connectivity index (χ0) is 10.7. The fourth-order valence-electron chi connectivity index (χ4n) is 2.30. The summed E-state index contributed by atoms with van der Waals surface area (Å²) >= 11 is 0. The molecule has 1 aliphatic rings. The van der Waals surface area contributed by atoms with Crippen molar-refractivity contribution in [1.29, 1.82) is 0 Å². The van der Waals surface area contributed by atoms with Gasteiger partial charge in [-0.25, -0.2) is 0 Å². The molecule has 1 atom stereocenters. The van der Waals surface area contributed by atoms with Gasteiger partial charge >= 0.3 is 0 Å². The molecule has 3 heteroatoms. The van der Waals surface area contributed by atoms with Crippen LogP contribution in [0.2, 0.25) is 0 Å². The Kier molecular flexibility index (Phi) is 3.44. The van der Waals surface area contributed by atoms with E-state index in [1.54, 1.807) is 6.26 Å². The number of nitrogens with zero attached hydrogens (tertiary/aromatic N) is 1. The van der Waals surface area contributed by atoms with Gasteiger partial charge in [0.25, 0.3) is 0 Å². The third kappa shape index (κ3) is 2.41. The second-order valence-corrected chi connectivity index (χ2v) is 4.53. The predicted octanol–water partition coefficient (Wildman–Crippen LogP) is 2.01. The van der Waals surface area contributed by atoms with E-state index in [1.165, 1.54) is 18.4 Å². The highest BCUT2D eigenvalue weighted by Gasteiger charge is 2.23. The Morgan fingerprint density at radius 1 is 1.53 bits per heavy atom. The van der Waals surface area contributed by atoms with Gasteiger partial charge < -0.3 is 10.2 Å². The van der Waals surface area contributed by atoms with Crippen molar-refractivity contribution in [3.05, 3.63) is 24.2 Å². The van der Waals surface area contributed by atoms with Crippen LogP contribution in [0.25, 0.3) is 0 Å². The maximum atomic E-state index is 5.85.